The number of benzene rings is 2. The molecule has 0 aliphatic rings. The zero-order chi connectivity index (χ0) is 17.0. The Labute approximate surface area is 156 Å². The van der Waals surface area contributed by atoms with Gasteiger partial charge < -0.3 is 10.4 Å². The van der Waals surface area contributed by atoms with Gasteiger partial charge in [-0.15, -0.1) is 0 Å². The lowest BCUT2D eigenvalue weighted by Crippen LogP contribution is -2.34. The molecule has 0 heterocycles. The number of carbonyl (C=O) groups is 2. The summed E-state index contributed by atoms with van der Waals surface area (Å²) in [5.41, 5.74) is 0.629. The van der Waals surface area contributed by atoms with Crippen LogP contribution in [-0.2, 0) is 0 Å². The number of carboxylic acids is 1. The van der Waals surface area contributed by atoms with Crippen molar-refractivity contribution in [1.29, 1.82) is 0 Å². The van der Waals surface area contributed by atoms with Crippen molar-refractivity contribution >= 4 is 69.1 Å². The van der Waals surface area contributed by atoms with Crippen LogP contribution in [-0.4, -0.2) is 22.1 Å². The second-order valence-electron chi connectivity index (χ2n) is 4.38. The summed E-state index contributed by atoms with van der Waals surface area (Å²) in [5, 5.41) is 14.6. The molecular formula is C15H10ClIN2O3S. The van der Waals surface area contributed by atoms with Crippen molar-refractivity contribution < 1.29 is 14.7 Å². The van der Waals surface area contributed by atoms with E-state index in [1.54, 1.807) is 36.4 Å². The maximum absolute atomic E-state index is 12.2. The number of halogens is 2. The Bertz CT molecular complexity index is 798. The first kappa shape index (κ1) is 17.6. The highest BCUT2D eigenvalue weighted by atomic mass is 127. The van der Waals surface area contributed by atoms with E-state index in [-0.39, 0.29) is 16.2 Å². The maximum atomic E-state index is 12.2. The summed E-state index contributed by atoms with van der Waals surface area (Å²) in [6.07, 6.45) is 0. The van der Waals surface area contributed by atoms with Gasteiger partial charge in [-0.3, -0.25) is 10.1 Å². The summed E-state index contributed by atoms with van der Waals surface area (Å²) >= 11 is 13.1. The lowest BCUT2D eigenvalue weighted by atomic mass is 10.2. The predicted octanol–water partition coefficient (Wildman–Crippen LogP) is 3.77. The minimum absolute atomic E-state index is 0.0152. The van der Waals surface area contributed by atoms with E-state index in [1.807, 2.05) is 0 Å². The van der Waals surface area contributed by atoms with Gasteiger partial charge in [0.05, 0.1) is 21.8 Å². The largest absolute Gasteiger partial charge is 0.478 e. The van der Waals surface area contributed by atoms with Gasteiger partial charge in [-0.1, -0.05) is 23.7 Å². The van der Waals surface area contributed by atoms with Crippen molar-refractivity contribution in [3.05, 3.63) is 62.2 Å². The smallest absolute Gasteiger partial charge is 0.337 e. The number of rotatable bonds is 3. The molecule has 2 aromatic rings. The highest BCUT2D eigenvalue weighted by Crippen LogP contribution is 2.19. The summed E-state index contributed by atoms with van der Waals surface area (Å²) < 4.78 is 0.854. The van der Waals surface area contributed by atoms with E-state index in [0.717, 1.165) is 3.57 Å². The average Bonchev–Trinajstić information content (AvgIpc) is 2.49. The summed E-state index contributed by atoms with van der Waals surface area (Å²) in [6.45, 7) is 0. The molecule has 1 amide bonds. The van der Waals surface area contributed by atoms with Crippen LogP contribution in [0.25, 0.3) is 0 Å². The molecule has 0 spiro atoms. The molecule has 3 N–H and O–H groups in total. The third-order valence-electron chi connectivity index (χ3n) is 2.81. The molecule has 118 valence electrons. The second-order valence-corrected chi connectivity index (χ2v) is 6.44. The molecule has 0 bridgehead atoms. The van der Waals surface area contributed by atoms with Gasteiger partial charge in [0.1, 0.15) is 0 Å². The van der Waals surface area contributed by atoms with Crippen LogP contribution in [0.2, 0.25) is 5.02 Å². The molecular weight excluding hydrogens is 451 g/mol. The van der Waals surface area contributed by atoms with E-state index >= 15 is 0 Å². The Balaban J connectivity index is 2.12. The number of para-hydroxylation sites is 1. The minimum atomic E-state index is -1.09. The van der Waals surface area contributed by atoms with E-state index < -0.39 is 11.9 Å². The molecule has 0 aliphatic heterocycles. The number of carboxylic acid groups (broad SMARTS) is 1. The first-order valence-electron chi connectivity index (χ1n) is 6.28. The minimum Gasteiger partial charge on any atom is -0.478 e. The topological polar surface area (TPSA) is 78.4 Å². The molecule has 0 aliphatic carbocycles. The van der Waals surface area contributed by atoms with Gasteiger partial charge in [0.2, 0.25) is 0 Å². The van der Waals surface area contributed by atoms with Crippen molar-refractivity contribution in [1.82, 2.24) is 5.32 Å². The summed E-state index contributed by atoms with van der Waals surface area (Å²) in [4.78, 5) is 23.3. The standard InChI is InChI=1S/C15H10ClIN2O3S/c16-11-6-5-8(17)7-10(11)13(20)19-15(23)18-12-4-2-1-3-9(12)14(21)22/h1-7H,(H,21,22)(H2,18,19,20,23). The van der Waals surface area contributed by atoms with Crippen LogP contribution in [0.4, 0.5) is 5.69 Å². The molecule has 2 rings (SSSR count). The number of carbonyl (C=O) groups excluding carboxylic acids is 1. The molecule has 0 aromatic heterocycles. The second kappa shape index (κ2) is 7.71. The van der Waals surface area contributed by atoms with Crippen LogP contribution < -0.4 is 10.6 Å². The highest BCUT2D eigenvalue weighted by Gasteiger charge is 2.14. The molecule has 0 atom stereocenters. The van der Waals surface area contributed by atoms with Crippen LogP contribution in [0.1, 0.15) is 20.7 Å². The molecule has 8 heteroatoms. The summed E-state index contributed by atoms with van der Waals surface area (Å²) in [5.74, 6) is -1.57. The molecule has 5 nitrogen and oxygen atoms in total. The van der Waals surface area contributed by atoms with Gasteiger partial charge >= 0.3 is 5.97 Å². The molecule has 23 heavy (non-hydrogen) atoms. The van der Waals surface area contributed by atoms with Crippen LogP contribution in [0.3, 0.4) is 0 Å². The molecule has 0 saturated heterocycles. The zero-order valence-corrected chi connectivity index (χ0v) is 15.2. The van der Waals surface area contributed by atoms with Crippen LogP contribution in [0, 0.1) is 3.57 Å². The van der Waals surface area contributed by atoms with Crippen molar-refractivity contribution in [3.63, 3.8) is 0 Å². The molecule has 0 fully saturated rings. The highest BCUT2D eigenvalue weighted by molar-refractivity contribution is 14.1. The van der Waals surface area contributed by atoms with Gasteiger partial charge in [0, 0.05) is 3.57 Å². The Morgan fingerprint density at radius 2 is 1.83 bits per heavy atom. The molecule has 0 unspecified atom stereocenters. The fourth-order valence-electron chi connectivity index (χ4n) is 1.77. The van der Waals surface area contributed by atoms with E-state index in [4.69, 9.17) is 28.9 Å². The van der Waals surface area contributed by atoms with Crippen LogP contribution >= 0.6 is 46.4 Å². The van der Waals surface area contributed by atoms with Gasteiger partial charge in [-0.2, -0.15) is 0 Å². The van der Waals surface area contributed by atoms with E-state index in [2.05, 4.69) is 33.2 Å². The van der Waals surface area contributed by atoms with E-state index in [1.165, 1.54) is 6.07 Å². The monoisotopic (exact) mass is 460 g/mol. The van der Waals surface area contributed by atoms with Crippen LogP contribution in [0.5, 0.6) is 0 Å². The Hall–Kier alpha value is -1.71. The van der Waals surface area contributed by atoms with Crippen molar-refractivity contribution in [2.45, 2.75) is 0 Å². The molecule has 2 aromatic carbocycles. The number of hydrogen-bond donors (Lipinski definition) is 3. The third-order valence-corrected chi connectivity index (χ3v) is 4.01. The van der Waals surface area contributed by atoms with Crippen molar-refractivity contribution in [2.75, 3.05) is 5.32 Å². The first-order chi connectivity index (χ1) is 10.9. The quantitative estimate of drug-likeness (QED) is 0.480. The summed E-state index contributed by atoms with van der Waals surface area (Å²) in [6, 6.07) is 11.3. The summed E-state index contributed by atoms with van der Waals surface area (Å²) in [7, 11) is 0. The SMILES string of the molecule is O=C(NC(=S)Nc1ccccc1C(=O)O)c1cc(I)ccc1Cl. The predicted molar refractivity (Wildman–Crippen MR) is 101 cm³/mol. The molecule has 0 saturated carbocycles. The fraction of sp³-hybridized carbons (Fsp3) is 0. The van der Waals surface area contributed by atoms with Gasteiger partial charge in [0.25, 0.3) is 5.91 Å². The third kappa shape index (κ3) is 4.63. The van der Waals surface area contributed by atoms with Crippen molar-refractivity contribution in [2.24, 2.45) is 0 Å². The fourth-order valence-corrected chi connectivity index (χ4v) is 2.67. The maximum Gasteiger partial charge on any atom is 0.337 e. The van der Waals surface area contributed by atoms with Gasteiger partial charge in [-0.25, -0.2) is 4.79 Å². The van der Waals surface area contributed by atoms with E-state index in [0.29, 0.717) is 10.7 Å². The van der Waals surface area contributed by atoms with Gasteiger partial charge in [-0.05, 0) is 65.1 Å². The number of anilines is 1. The molecule has 0 radical (unpaired) electrons. The lowest BCUT2D eigenvalue weighted by molar-refractivity contribution is 0.0698. The number of thiocarbonyl (C=S) groups is 1. The first-order valence-corrected chi connectivity index (χ1v) is 8.14. The Kier molecular flexibility index (Phi) is 5.91. The average molecular weight is 461 g/mol. The van der Waals surface area contributed by atoms with Gasteiger partial charge in [0.15, 0.2) is 5.11 Å². The zero-order valence-electron chi connectivity index (χ0n) is 11.5. The Morgan fingerprint density at radius 3 is 2.52 bits per heavy atom. The van der Waals surface area contributed by atoms with Crippen LogP contribution in [0.15, 0.2) is 42.5 Å². The number of aromatic carboxylic acids is 1. The number of amides is 1. The van der Waals surface area contributed by atoms with Crippen molar-refractivity contribution in [3.8, 4) is 0 Å². The van der Waals surface area contributed by atoms with E-state index in [9.17, 15) is 9.59 Å². The normalized spacial score (nSPS) is 10.0. The number of nitrogens with one attached hydrogen (secondary N) is 2. The lowest BCUT2D eigenvalue weighted by Gasteiger charge is -2.12. The Morgan fingerprint density at radius 1 is 1.13 bits per heavy atom. The number of hydrogen-bond acceptors (Lipinski definition) is 3.